The number of nitriles is 2. The molecule has 1 N–H and O–H groups in total. The van der Waals surface area contributed by atoms with Crippen molar-refractivity contribution in [2.45, 2.75) is 57.6 Å². The summed E-state index contributed by atoms with van der Waals surface area (Å²) in [6.07, 6.45) is 8.67. The van der Waals surface area contributed by atoms with Gasteiger partial charge in [0.25, 0.3) is 0 Å². The highest BCUT2D eigenvalue weighted by Gasteiger charge is 2.56. The van der Waals surface area contributed by atoms with Crippen LogP contribution in [-0.4, -0.2) is 22.5 Å². The Morgan fingerprint density at radius 1 is 1.29 bits per heavy atom. The van der Waals surface area contributed by atoms with Crippen molar-refractivity contribution >= 4 is 17.4 Å². The molecule has 0 spiro atoms. The fourth-order valence-electron chi connectivity index (χ4n) is 5.68. The van der Waals surface area contributed by atoms with E-state index >= 15 is 0 Å². The third-order valence-corrected chi connectivity index (χ3v) is 6.83. The molecule has 4 saturated carbocycles. The van der Waals surface area contributed by atoms with Crippen LogP contribution in [0.15, 0.2) is 23.3 Å². The predicted molar refractivity (Wildman–Crippen MR) is 106 cm³/mol. The zero-order valence-electron chi connectivity index (χ0n) is 16.2. The van der Waals surface area contributed by atoms with Gasteiger partial charge in [0.15, 0.2) is 11.4 Å². The van der Waals surface area contributed by atoms with Gasteiger partial charge in [-0.2, -0.15) is 15.5 Å². The molecule has 4 bridgehead atoms. The summed E-state index contributed by atoms with van der Waals surface area (Å²) in [6.45, 7) is 3.75. The van der Waals surface area contributed by atoms with Crippen molar-refractivity contribution in [3.63, 3.8) is 0 Å². The first-order valence-corrected chi connectivity index (χ1v) is 10.2. The second-order valence-electron chi connectivity index (χ2n) is 9.02. The molecule has 0 amide bonds. The molecule has 4 fully saturated rings. The lowest BCUT2D eigenvalue weighted by atomic mass is 9.48. The maximum Gasteiger partial charge on any atom is 0.214 e. The van der Waals surface area contributed by atoms with Gasteiger partial charge in [-0.25, -0.2) is 4.98 Å². The number of hydrogen-bond acceptors (Lipinski definition) is 5. The van der Waals surface area contributed by atoms with Gasteiger partial charge in [0.05, 0.1) is 16.5 Å². The third-order valence-electron chi connectivity index (χ3n) is 6.61. The molecular formula is C21H24ClN5O. The van der Waals surface area contributed by atoms with Crippen molar-refractivity contribution in [3.05, 3.63) is 23.4 Å². The second kappa shape index (κ2) is 6.94. The molecule has 5 rings (SSSR count). The molecule has 0 aliphatic heterocycles. The monoisotopic (exact) mass is 397 g/mol. The number of aromatic nitrogens is 1. The summed E-state index contributed by atoms with van der Waals surface area (Å²) < 4.78 is 6.04. The summed E-state index contributed by atoms with van der Waals surface area (Å²) in [7, 11) is 0. The van der Waals surface area contributed by atoms with Crippen LogP contribution >= 0.6 is 11.6 Å². The van der Waals surface area contributed by atoms with Crippen LogP contribution in [0.25, 0.3) is 0 Å². The Hall–Kier alpha value is -2.31. The Morgan fingerprint density at radius 2 is 2.00 bits per heavy atom. The predicted octanol–water partition coefficient (Wildman–Crippen LogP) is 4.08. The van der Waals surface area contributed by atoms with Crippen LogP contribution < -0.4 is 10.1 Å². The Morgan fingerprint density at radius 3 is 2.57 bits per heavy atom. The van der Waals surface area contributed by atoms with E-state index < -0.39 is 5.60 Å². The Kier molecular flexibility index (Phi) is 4.71. The number of amidine groups is 1. The minimum atomic E-state index is -0.849. The fourth-order valence-corrected chi connectivity index (χ4v) is 5.79. The van der Waals surface area contributed by atoms with E-state index in [1.165, 1.54) is 6.20 Å². The Bertz CT molecular complexity index is 850. The van der Waals surface area contributed by atoms with Gasteiger partial charge in [-0.1, -0.05) is 11.6 Å². The minimum Gasteiger partial charge on any atom is -0.463 e. The van der Waals surface area contributed by atoms with E-state index in [9.17, 15) is 10.5 Å². The number of aliphatic imine (C=N–C) groups is 1. The number of nitrogens with zero attached hydrogens (tertiary/aromatic N) is 4. The second-order valence-corrected chi connectivity index (χ2v) is 9.46. The zero-order valence-corrected chi connectivity index (χ0v) is 16.9. The molecule has 7 heteroatoms. The lowest BCUT2D eigenvalue weighted by Crippen LogP contribution is -2.61. The van der Waals surface area contributed by atoms with Crippen molar-refractivity contribution in [1.29, 1.82) is 10.5 Å². The lowest BCUT2D eigenvalue weighted by Gasteiger charge is -2.58. The molecule has 0 aromatic carbocycles. The van der Waals surface area contributed by atoms with E-state index in [4.69, 9.17) is 16.3 Å². The number of hydrogen-bond donors (Lipinski definition) is 1. The van der Waals surface area contributed by atoms with Gasteiger partial charge in [-0.05, 0) is 69.8 Å². The molecule has 6 nitrogen and oxygen atoms in total. The van der Waals surface area contributed by atoms with Gasteiger partial charge in [0, 0.05) is 18.3 Å². The molecule has 1 heterocycles. The summed E-state index contributed by atoms with van der Waals surface area (Å²) >= 11 is 5.90. The number of ether oxygens (including phenoxy) is 1. The highest BCUT2D eigenvalue weighted by atomic mass is 35.5. The molecule has 0 radical (unpaired) electrons. The molecule has 4 aliphatic rings. The molecule has 146 valence electrons. The Balaban J connectivity index is 1.53. The zero-order chi connectivity index (χ0) is 19.9. The van der Waals surface area contributed by atoms with Gasteiger partial charge in [0.1, 0.15) is 0 Å². The Labute approximate surface area is 170 Å². The highest BCUT2D eigenvalue weighted by Crippen LogP contribution is 2.59. The van der Waals surface area contributed by atoms with Crippen molar-refractivity contribution in [2.24, 2.45) is 28.2 Å². The van der Waals surface area contributed by atoms with Crippen molar-refractivity contribution in [1.82, 2.24) is 10.3 Å². The lowest BCUT2D eigenvalue weighted by molar-refractivity contribution is -0.0429. The van der Waals surface area contributed by atoms with E-state index in [1.807, 2.05) is 20.0 Å². The standard InChI is InChI=1S/C21H24ClN5O/c1-20(2,28-17-4-3-16(22)10-25-17)19(26-12-24)27-18-14-5-13-6-15(18)9-21(7-13,8-14)11-23/h3-4,10,13-15,18H,5-9H2,1-2H3,(H,26,27). The molecule has 1 aromatic rings. The van der Waals surface area contributed by atoms with Crippen LogP contribution in [0, 0.1) is 46.0 Å². The fraction of sp³-hybridized carbons (Fsp3) is 0.619. The average molecular weight is 398 g/mol. The first-order valence-electron chi connectivity index (χ1n) is 9.80. The van der Waals surface area contributed by atoms with E-state index in [0.29, 0.717) is 34.5 Å². The molecular weight excluding hydrogens is 374 g/mol. The molecule has 2 atom stereocenters. The summed E-state index contributed by atoms with van der Waals surface area (Å²) in [6, 6.07) is 6.27. The summed E-state index contributed by atoms with van der Waals surface area (Å²) in [5, 5.41) is 23.1. The molecule has 4 aliphatic carbocycles. The van der Waals surface area contributed by atoms with Crippen LogP contribution in [0.3, 0.4) is 0 Å². The first kappa shape index (κ1) is 19.0. The van der Waals surface area contributed by atoms with Crippen molar-refractivity contribution < 1.29 is 4.74 Å². The quantitative estimate of drug-likeness (QED) is 0.469. The van der Waals surface area contributed by atoms with Gasteiger partial charge in [0.2, 0.25) is 12.1 Å². The van der Waals surface area contributed by atoms with Crippen LogP contribution in [0.4, 0.5) is 0 Å². The van der Waals surface area contributed by atoms with E-state index in [-0.39, 0.29) is 11.5 Å². The SMILES string of the molecule is CC(C)(Oc1ccc(Cl)cn1)/C(=N\C#N)NC1C2CC3CC1CC(C#N)(C3)C2. The smallest absolute Gasteiger partial charge is 0.214 e. The van der Waals surface area contributed by atoms with Crippen LogP contribution in [0.2, 0.25) is 5.02 Å². The van der Waals surface area contributed by atoms with Crippen LogP contribution in [0.1, 0.15) is 46.0 Å². The van der Waals surface area contributed by atoms with Crippen LogP contribution in [-0.2, 0) is 0 Å². The summed E-state index contributed by atoms with van der Waals surface area (Å²) in [5.41, 5.74) is -0.988. The third kappa shape index (κ3) is 3.42. The van der Waals surface area contributed by atoms with Crippen LogP contribution in [0.5, 0.6) is 5.88 Å². The molecule has 28 heavy (non-hydrogen) atoms. The van der Waals surface area contributed by atoms with E-state index in [1.54, 1.807) is 12.1 Å². The van der Waals surface area contributed by atoms with Gasteiger partial charge >= 0.3 is 0 Å². The van der Waals surface area contributed by atoms with Gasteiger partial charge in [-0.3, -0.25) is 0 Å². The first-order chi connectivity index (χ1) is 13.3. The molecule has 1 aromatic heterocycles. The van der Waals surface area contributed by atoms with E-state index in [0.717, 1.165) is 32.1 Å². The number of rotatable bonds is 4. The van der Waals surface area contributed by atoms with Crippen molar-refractivity contribution in [3.8, 4) is 18.1 Å². The average Bonchev–Trinajstić information content (AvgIpc) is 2.65. The molecule has 2 unspecified atom stereocenters. The van der Waals surface area contributed by atoms with Crippen molar-refractivity contribution in [2.75, 3.05) is 0 Å². The largest absolute Gasteiger partial charge is 0.463 e. The maximum atomic E-state index is 9.72. The topological polar surface area (TPSA) is 94.1 Å². The number of nitrogens with one attached hydrogen (secondary N) is 1. The van der Waals surface area contributed by atoms with Gasteiger partial charge in [-0.15, -0.1) is 0 Å². The maximum absolute atomic E-state index is 9.72. The normalized spacial score (nSPS) is 33.8. The number of halogens is 1. The summed E-state index contributed by atoms with van der Waals surface area (Å²) in [4.78, 5) is 8.26. The van der Waals surface area contributed by atoms with Gasteiger partial charge < -0.3 is 10.1 Å². The van der Waals surface area contributed by atoms with E-state index in [2.05, 4.69) is 21.4 Å². The summed E-state index contributed by atoms with van der Waals surface area (Å²) in [5.74, 6) is 2.48. The highest BCUT2D eigenvalue weighted by molar-refractivity contribution is 6.30. The number of pyridine rings is 1. The minimum absolute atomic E-state index is 0.138. The molecule has 0 saturated heterocycles.